The zero-order chi connectivity index (χ0) is 24.8. The molecule has 2 aromatic rings. The number of nitrogens with one attached hydrogen (secondary N) is 1. The van der Waals surface area contributed by atoms with E-state index in [0.717, 1.165) is 6.07 Å². The van der Waals surface area contributed by atoms with E-state index in [1.807, 2.05) is 0 Å². The molecule has 4 rings (SSSR count). The summed E-state index contributed by atoms with van der Waals surface area (Å²) in [6.07, 6.45) is 1.92. The van der Waals surface area contributed by atoms with E-state index in [2.05, 4.69) is 5.32 Å². The van der Waals surface area contributed by atoms with Crippen molar-refractivity contribution in [3.05, 3.63) is 58.4 Å². The van der Waals surface area contributed by atoms with Crippen molar-refractivity contribution in [3.63, 3.8) is 0 Å². The van der Waals surface area contributed by atoms with Gasteiger partial charge in [-0.2, -0.15) is 0 Å². The Morgan fingerprint density at radius 1 is 1.09 bits per heavy atom. The zero-order valence-electron chi connectivity index (χ0n) is 17.9. The molecule has 34 heavy (non-hydrogen) atoms. The normalized spacial score (nSPS) is 26.5. The van der Waals surface area contributed by atoms with Crippen LogP contribution in [-0.4, -0.2) is 42.0 Å². The van der Waals surface area contributed by atoms with Crippen LogP contribution in [0.1, 0.15) is 42.5 Å². The molecule has 2 saturated carbocycles. The van der Waals surface area contributed by atoms with Crippen molar-refractivity contribution in [1.82, 2.24) is 0 Å². The Morgan fingerprint density at radius 2 is 1.68 bits per heavy atom. The Balaban J connectivity index is 1.59. The van der Waals surface area contributed by atoms with Crippen LogP contribution < -0.4 is 5.32 Å². The van der Waals surface area contributed by atoms with Gasteiger partial charge in [-0.15, -0.1) is 0 Å². The van der Waals surface area contributed by atoms with Gasteiger partial charge < -0.3 is 15.5 Å². The van der Waals surface area contributed by atoms with Crippen LogP contribution in [0.2, 0.25) is 5.02 Å². The number of aliphatic hydroxyl groups excluding tert-OH is 1. The van der Waals surface area contributed by atoms with Gasteiger partial charge in [0, 0.05) is 30.0 Å². The van der Waals surface area contributed by atoms with Crippen molar-refractivity contribution in [2.75, 3.05) is 11.9 Å². The molecule has 0 heterocycles. The second-order valence-corrected chi connectivity index (χ2v) is 11.5. The van der Waals surface area contributed by atoms with E-state index in [4.69, 9.17) is 11.6 Å². The summed E-state index contributed by atoms with van der Waals surface area (Å²) in [7, 11) is -3.99. The van der Waals surface area contributed by atoms with Gasteiger partial charge in [0.15, 0.2) is 27.3 Å². The lowest BCUT2D eigenvalue weighted by Crippen LogP contribution is -2.48. The van der Waals surface area contributed by atoms with Crippen LogP contribution in [0.5, 0.6) is 0 Å². The van der Waals surface area contributed by atoms with Gasteiger partial charge in [-0.3, -0.25) is 4.79 Å². The van der Waals surface area contributed by atoms with E-state index < -0.39 is 44.0 Å². The number of anilines is 1. The van der Waals surface area contributed by atoms with Crippen molar-refractivity contribution in [1.29, 1.82) is 0 Å². The minimum atomic E-state index is -3.99. The quantitative estimate of drug-likeness (QED) is 0.501. The molecule has 0 spiro atoms. The highest BCUT2D eigenvalue weighted by atomic mass is 35.5. The molecular formula is C23H23ClF3NO5S. The summed E-state index contributed by atoms with van der Waals surface area (Å²) >= 11 is 6.18. The first kappa shape index (κ1) is 25.0. The average molecular weight is 518 g/mol. The molecule has 1 unspecified atom stereocenters. The maximum absolute atomic E-state index is 13.5. The summed E-state index contributed by atoms with van der Waals surface area (Å²) in [6.45, 7) is -0.189. The molecule has 0 radical (unpaired) electrons. The molecular weight excluding hydrogens is 495 g/mol. The third-order valence-corrected chi connectivity index (χ3v) is 9.72. The summed E-state index contributed by atoms with van der Waals surface area (Å²) in [5, 5.41) is 21.6. The van der Waals surface area contributed by atoms with E-state index in [1.54, 1.807) is 0 Å². The molecule has 4 atom stereocenters. The number of halogens is 4. The number of hydrogen-bond acceptors (Lipinski definition) is 5. The molecule has 0 aliphatic heterocycles. The number of rotatable bonds is 6. The van der Waals surface area contributed by atoms with Crippen molar-refractivity contribution in [2.24, 2.45) is 11.8 Å². The SMILES string of the molecule is O=C(Nc1cc(F)c(F)c(F)c1)c1ccc(Cl)c(S(=O)(=O)[C@@H]2CC3CC[C@@H](C2)[C@@]3(O)CCO)c1. The molecule has 0 saturated heterocycles. The molecule has 3 N–H and O–H groups in total. The molecule has 2 aliphatic carbocycles. The van der Waals surface area contributed by atoms with Gasteiger partial charge in [0.25, 0.3) is 5.91 Å². The summed E-state index contributed by atoms with van der Waals surface area (Å²) in [6, 6.07) is 4.82. The fourth-order valence-electron chi connectivity index (χ4n) is 5.32. The topological polar surface area (TPSA) is 104 Å². The highest BCUT2D eigenvalue weighted by molar-refractivity contribution is 7.92. The minimum absolute atomic E-state index is 0.0843. The van der Waals surface area contributed by atoms with Crippen LogP contribution in [0.15, 0.2) is 35.2 Å². The predicted octanol–water partition coefficient (Wildman–Crippen LogP) is 4.09. The van der Waals surface area contributed by atoms with Crippen LogP contribution in [0.25, 0.3) is 0 Å². The Kier molecular flexibility index (Phi) is 6.71. The molecule has 0 aromatic heterocycles. The van der Waals surface area contributed by atoms with Crippen LogP contribution in [0, 0.1) is 29.3 Å². The summed E-state index contributed by atoms with van der Waals surface area (Å²) in [5.41, 5.74) is -1.55. The first-order valence-corrected chi connectivity index (χ1v) is 12.7. The van der Waals surface area contributed by atoms with Crippen molar-refractivity contribution in [3.8, 4) is 0 Å². The number of benzene rings is 2. The van der Waals surface area contributed by atoms with Gasteiger partial charge in [-0.1, -0.05) is 11.6 Å². The number of carbonyl (C=O) groups excluding carboxylic acids is 1. The lowest BCUT2D eigenvalue weighted by molar-refractivity contribution is -0.0734. The van der Waals surface area contributed by atoms with Crippen molar-refractivity contribution < 1.29 is 36.6 Å². The maximum atomic E-state index is 13.5. The second kappa shape index (κ2) is 9.14. The molecule has 1 amide bonds. The number of carbonyl (C=O) groups is 1. The van der Waals surface area contributed by atoms with Crippen LogP contribution in [-0.2, 0) is 9.84 Å². The van der Waals surface area contributed by atoms with E-state index >= 15 is 0 Å². The maximum Gasteiger partial charge on any atom is 0.255 e. The third kappa shape index (κ3) is 4.32. The molecule has 184 valence electrons. The van der Waals surface area contributed by atoms with E-state index in [9.17, 15) is 36.6 Å². The number of aliphatic hydroxyl groups is 2. The predicted molar refractivity (Wildman–Crippen MR) is 119 cm³/mol. The smallest absolute Gasteiger partial charge is 0.255 e. The summed E-state index contributed by atoms with van der Waals surface area (Å²) in [4.78, 5) is 12.4. The highest BCUT2D eigenvalue weighted by Gasteiger charge is 2.55. The van der Waals surface area contributed by atoms with Gasteiger partial charge in [-0.05, 0) is 62.1 Å². The van der Waals surface area contributed by atoms with Gasteiger partial charge in [0.1, 0.15) is 0 Å². The van der Waals surface area contributed by atoms with Crippen LogP contribution in [0.4, 0.5) is 18.9 Å². The average Bonchev–Trinajstić information content (AvgIpc) is 2.93. The van der Waals surface area contributed by atoms with E-state index in [-0.39, 0.29) is 58.9 Å². The van der Waals surface area contributed by atoms with Crippen molar-refractivity contribution in [2.45, 2.75) is 47.9 Å². The third-order valence-electron chi connectivity index (χ3n) is 7.07. The Labute approximate surface area is 199 Å². The monoisotopic (exact) mass is 517 g/mol. The molecule has 2 aromatic carbocycles. The van der Waals surface area contributed by atoms with Crippen molar-refractivity contribution >= 4 is 33.0 Å². The fraction of sp³-hybridized carbons (Fsp3) is 0.435. The van der Waals surface area contributed by atoms with Gasteiger partial charge in [-0.25, -0.2) is 21.6 Å². The molecule has 6 nitrogen and oxygen atoms in total. The lowest BCUT2D eigenvalue weighted by Gasteiger charge is -2.42. The first-order chi connectivity index (χ1) is 16.0. The second-order valence-electron chi connectivity index (χ2n) is 8.93. The number of hydrogen-bond donors (Lipinski definition) is 3. The Bertz CT molecular complexity index is 1200. The number of amides is 1. The minimum Gasteiger partial charge on any atom is -0.396 e. The molecule has 2 bridgehead atoms. The van der Waals surface area contributed by atoms with Gasteiger partial charge in [0.05, 0.1) is 20.8 Å². The summed E-state index contributed by atoms with van der Waals surface area (Å²) in [5.74, 6) is -6.05. The summed E-state index contributed by atoms with van der Waals surface area (Å²) < 4.78 is 67.0. The highest BCUT2D eigenvalue weighted by Crippen LogP contribution is 2.53. The standard InChI is InChI=1S/C23H23ClF3NO5S/c24-17-4-1-12(22(30)28-15-10-18(25)21(27)19(26)11-15)7-20(17)34(32,33)16-8-13-2-3-14(9-16)23(13,31)5-6-29/h1,4,7,10-11,13-14,16,29,31H,2-3,5-6,8-9H2,(H,28,30)/t13-,14?,16-,23-/m0/s1. The molecule has 11 heteroatoms. The fourth-order valence-corrected chi connectivity index (χ4v) is 7.73. The van der Waals surface area contributed by atoms with Gasteiger partial charge >= 0.3 is 0 Å². The van der Waals surface area contributed by atoms with Gasteiger partial charge in [0.2, 0.25) is 0 Å². The first-order valence-electron chi connectivity index (χ1n) is 10.8. The molecule has 2 aliphatic rings. The largest absolute Gasteiger partial charge is 0.396 e. The van der Waals surface area contributed by atoms with E-state index in [0.29, 0.717) is 25.0 Å². The Morgan fingerprint density at radius 3 is 2.24 bits per heavy atom. The van der Waals surface area contributed by atoms with Crippen LogP contribution in [0.3, 0.4) is 0 Å². The number of sulfone groups is 1. The van der Waals surface area contributed by atoms with E-state index in [1.165, 1.54) is 12.1 Å². The zero-order valence-corrected chi connectivity index (χ0v) is 19.5. The number of fused-ring (bicyclic) bond motifs is 2. The lowest BCUT2D eigenvalue weighted by atomic mass is 9.72. The molecule has 2 fully saturated rings. The van der Waals surface area contributed by atoms with Crippen LogP contribution >= 0.6 is 11.6 Å². The Hall–Kier alpha value is -2.14.